The molecule has 1 aromatic carbocycles. The molecule has 0 atom stereocenters. The van der Waals surface area contributed by atoms with Gasteiger partial charge in [-0.1, -0.05) is 18.2 Å². The van der Waals surface area contributed by atoms with Crippen LogP contribution in [0.3, 0.4) is 0 Å². The van der Waals surface area contributed by atoms with Crippen molar-refractivity contribution < 1.29 is 9.47 Å². The third-order valence-corrected chi connectivity index (χ3v) is 4.51. The Bertz CT molecular complexity index is 587. The summed E-state index contributed by atoms with van der Waals surface area (Å²) in [4.78, 5) is 1.15. The third-order valence-electron chi connectivity index (χ3n) is 3.47. The first-order valence-corrected chi connectivity index (χ1v) is 6.96. The van der Waals surface area contributed by atoms with E-state index in [4.69, 9.17) is 9.47 Å². The van der Waals surface area contributed by atoms with Crippen molar-refractivity contribution in [3.8, 4) is 0 Å². The molecule has 0 bridgehead atoms. The van der Waals surface area contributed by atoms with Crippen LogP contribution in [0.5, 0.6) is 0 Å². The summed E-state index contributed by atoms with van der Waals surface area (Å²) in [5, 5.41) is 5.57. The Labute approximate surface area is 109 Å². The normalized spacial score (nSPS) is 20.0. The first-order valence-electron chi connectivity index (χ1n) is 6.08. The van der Waals surface area contributed by atoms with Crippen molar-refractivity contribution in [1.82, 2.24) is 0 Å². The Morgan fingerprint density at radius 2 is 1.89 bits per heavy atom. The summed E-state index contributed by atoms with van der Waals surface area (Å²) in [5.74, 6) is -0.580. The molecule has 2 aliphatic heterocycles. The van der Waals surface area contributed by atoms with Gasteiger partial charge in [0.25, 0.3) is 0 Å². The van der Waals surface area contributed by atoms with E-state index < -0.39 is 5.79 Å². The molecule has 4 rings (SSSR count). The Kier molecular flexibility index (Phi) is 2.24. The predicted molar refractivity (Wildman–Crippen MR) is 71.3 cm³/mol. The molecule has 0 radical (unpaired) electrons. The van der Waals surface area contributed by atoms with Crippen molar-refractivity contribution in [3.05, 3.63) is 46.2 Å². The van der Waals surface area contributed by atoms with Gasteiger partial charge in [0.1, 0.15) is 0 Å². The van der Waals surface area contributed by atoms with Gasteiger partial charge in [-0.2, -0.15) is 0 Å². The van der Waals surface area contributed by atoms with Gasteiger partial charge in [0.15, 0.2) is 0 Å². The highest BCUT2D eigenvalue weighted by Gasteiger charge is 2.43. The SMILES string of the molecule is c1ccc2c(c1)CC1(OCCO1)c1sccc1N2. The molecule has 2 aromatic rings. The van der Waals surface area contributed by atoms with E-state index >= 15 is 0 Å². The first-order chi connectivity index (χ1) is 8.87. The summed E-state index contributed by atoms with van der Waals surface area (Å²) in [7, 11) is 0. The van der Waals surface area contributed by atoms with Gasteiger partial charge in [0.05, 0.1) is 23.8 Å². The van der Waals surface area contributed by atoms with Gasteiger partial charge in [-0.05, 0) is 23.1 Å². The minimum Gasteiger partial charge on any atom is -0.354 e. The molecule has 92 valence electrons. The minimum absolute atomic E-state index is 0.580. The average Bonchev–Trinajstić information content (AvgIpc) is 2.99. The molecule has 1 fully saturated rings. The van der Waals surface area contributed by atoms with Crippen molar-refractivity contribution in [3.63, 3.8) is 0 Å². The molecule has 2 aliphatic rings. The van der Waals surface area contributed by atoms with Crippen molar-refractivity contribution in [2.24, 2.45) is 0 Å². The molecular weight excluding hydrogens is 246 g/mol. The summed E-state index contributed by atoms with van der Waals surface area (Å²) in [6.07, 6.45) is 0.768. The highest BCUT2D eigenvalue weighted by molar-refractivity contribution is 7.10. The Hall–Kier alpha value is -1.36. The first kappa shape index (κ1) is 10.6. The van der Waals surface area contributed by atoms with Crippen molar-refractivity contribution in [1.29, 1.82) is 0 Å². The van der Waals surface area contributed by atoms with Gasteiger partial charge in [-0.15, -0.1) is 11.3 Å². The maximum absolute atomic E-state index is 5.95. The van der Waals surface area contributed by atoms with Crippen LogP contribution in [0.2, 0.25) is 0 Å². The second kappa shape index (κ2) is 3.82. The fourth-order valence-corrected chi connectivity index (χ4v) is 3.62. The van der Waals surface area contributed by atoms with E-state index in [9.17, 15) is 0 Å². The third kappa shape index (κ3) is 1.43. The lowest BCUT2D eigenvalue weighted by Crippen LogP contribution is -2.28. The standard InChI is InChI=1S/C14H13NO2S/c1-2-4-11-10(3-1)9-14(16-6-7-17-14)13-12(15-11)5-8-18-13/h1-5,8,15H,6-7,9H2. The molecule has 3 heterocycles. The maximum Gasteiger partial charge on any atom is 0.210 e. The number of rotatable bonds is 0. The molecule has 1 saturated heterocycles. The lowest BCUT2D eigenvalue weighted by Gasteiger charge is -2.25. The number of fused-ring (bicyclic) bond motifs is 3. The molecule has 0 unspecified atom stereocenters. The van der Waals surface area contributed by atoms with Crippen LogP contribution in [0, 0.1) is 0 Å². The van der Waals surface area contributed by atoms with E-state index in [1.807, 2.05) is 6.07 Å². The molecule has 1 spiro atoms. The van der Waals surface area contributed by atoms with Crippen LogP contribution >= 0.6 is 11.3 Å². The molecule has 0 amide bonds. The number of ether oxygens (including phenoxy) is 2. The second-order valence-corrected chi connectivity index (χ2v) is 5.49. The molecular formula is C14H13NO2S. The Balaban J connectivity index is 1.92. The Morgan fingerprint density at radius 1 is 1.06 bits per heavy atom. The van der Waals surface area contributed by atoms with Gasteiger partial charge in [-0.25, -0.2) is 0 Å². The summed E-state index contributed by atoms with van der Waals surface area (Å²) in [6.45, 7) is 1.33. The number of anilines is 2. The van der Waals surface area contributed by atoms with Crippen molar-refractivity contribution in [2.45, 2.75) is 12.2 Å². The smallest absolute Gasteiger partial charge is 0.210 e. The van der Waals surface area contributed by atoms with E-state index in [2.05, 4.69) is 35.0 Å². The topological polar surface area (TPSA) is 30.5 Å². The molecule has 1 aromatic heterocycles. The van der Waals surface area contributed by atoms with E-state index in [0.717, 1.165) is 22.7 Å². The van der Waals surface area contributed by atoms with Gasteiger partial charge >= 0.3 is 0 Å². The van der Waals surface area contributed by atoms with Crippen LogP contribution in [0.25, 0.3) is 0 Å². The Morgan fingerprint density at radius 3 is 2.78 bits per heavy atom. The van der Waals surface area contributed by atoms with E-state index in [1.54, 1.807) is 11.3 Å². The average molecular weight is 259 g/mol. The van der Waals surface area contributed by atoms with Gasteiger partial charge < -0.3 is 14.8 Å². The second-order valence-electron chi connectivity index (χ2n) is 4.57. The molecule has 4 heteroatoms. The number of para-hydroxylation sites is 1. The van der Waals surface area contributed by atoms with Gasteiger partial charge in [-0.3, -0.25) is 0 Å². The van der Waals surface area contributed by atoms with Gasteiger partial charge in [0.2, 0.25) is 5.79 Å². The summed E-state index contributed by atoms with van der Waals surface area (Å²) in [6, 6.07) is 10.4. The lowest BCUT2D eigenvalue weighted by atomic mass is 10.0. The number of hydrogen-bond donors (Lipinski definition) is 1. The van der Waals surface area contributed by atoms with Crippen molar-refractivity contribution in [2.75, 3.05) is 18.5 Å². The van der Waals surface area contributed by atoms with Gasteiger partial charge in [0, 0.05) is 12.1 Å². The fraction of sp³-hybridized carbons (Fsp3) is 0.286. The highest BCUT2D eigenvalue weighted by Crippen LogP contribution is 2.46. The van der Waals surface area contributed by atoms with E-state index in [1.165, 1.54) is 5.56 Å². The minimum atomic E-state index is -0.580. The zero-order valence-electron chi connectivity index (χ0n) is 9.81. The molecule has 3 nitrogen and oxygen atoms in total. The van der Waals surface area contributed by atoms with Crippen molar-refractivity contribution >= 4 is 22.7 Å². The largest absolute Gasteiger partial charge is 0.354 e. The predicted octanol–water partition coefficient (Wildman–Crippen LogP) is 3.25. The number of thiophene rings is 1. The number of nitrogens with one attached hydrogen (secondary N) is 1. The summed E-state index contributed by atoms with van der Waals surface area (Å²) in [5.41, 5.74) is 3.49. The molecule has 0 aliphatic carbocycles. The lowest BCUT2D eigenvalue weighted by molar-refractivity contribution is -0.160. The van der Waals surface area contributed by atoms with Crippen LogP contribution in [0.4, 0.5) is 11.4 Å². The fourth-order valence-electron chi connectivity index (χ4n) is 2.66. The summed E-state index contributed by atoms with van der Waals surface area (Å²) < 4.78 is 11.9. The monoisotopic (exact) mass is 259 g/mol. The van der Waals surface area contributed by atoms with Crippen LogP contribution in [0.15, 0.2) is 35.7 Å². The molecule has 0 saturated carbocycles. The maximum atomic E-state index is 5.95. The van der Waals surface area contributed by atoms with Crippen LogP contribution < -0.4 is 5.32 Å². The van der Waals surface area contributed by atoms with Crippen LogP contribution in [-0.4, -0.2) is 13.2 Å². The number of hydrogen-bond acceptors (Lipinski definition) is 4. The molecule has 1 N–H and O–H groups in total. The molecule has 18 heavy (non-hydrogen) atoms. The van der Waals surface area contributed by atoms with E-state index in [-0.39, 0.29) is 0 Å². The van der Waals surface area contributed by atoms with Crippen LogP contribution in [0.1, 0.15) is 10.4 Å². The highest BCUT2D eigenvalue weighted by atomic mass is 32.1. The summed E-state index contributed by atoms with van der Waals surface area (Å²) >= 11 is 1.69. The number of benzene rings is 1. The zero-order chi connectivity index (χ0) is 12.0. The quantitative estimate of drug-likeness (QED) is 0.787. The van der Waals surface area contributed by atoms with Crippen LogP contribution in [-0.2, 0) is 21.7 Å². The van der Waals surface area contributed by atoms with E-state index in [0.29, 0.717) is 13.2 Å². The zero-order valence-corrected chi connectivity index (χ0v) is 10.6.